The molecule has 130 valence electrons. The van der Waals surface area contributed by atoms with Gasteiger partial charge in [0.05, 0.1) is 11.3 Å². The largest absolute Gasteiger partial charge is 0.507 e. The minimum Gasteiger partial charge on any atom is -0.507 e. The monoisotopic (exact) mass is 363 g/mol. The highest BCUT2D eigenvalue weighted by Crippen LogP contribution is 2.52. The van der Waals surface area contributed by atoms with E-state index in [1.807, 2.05) is 53.1 Å². The lowest BCUT2D eigenvalue weighted by atomic mass is 9.71. The molecule has 2 heterocycles. The number of pyridine rings is 1. The van der Waals surface area contributed by atoms with E-state index < -0.39 is 0 Å². The second kappa shape index (κ2) is 5.24. The minimum atomic E-state index is -0.292. The molecule has 3 nitrogen and oxygen atoms in total. The van der Waals surface area contributed by atoms with Gasteiger partial charge in [0.2, 0.25) is 0 Å². The van der Waals surface area contributed by atoms with Gasteiger partial charge in [0.25, 0.3) is 5.56 Å². The lowest BCUT2D eigenvalue weighted by Crippen LogP contribution is -2.31. The van der Waals surface area contributed by atoms with Gasteiger partial charge in [0, 0.05) is 21.7 Å². The number of benzene rings is 2. The van der Waals surface area contributed by atoms with E-state index >= 15 is 0 Å². The minimum absolute atomic E-state index is 0.136. The van der Waals surface area contributed by atoms with E-state index in [0.29, 0.717) is 10.6 Å². The smallest absolute Gasteiger partial charge is 0.267 e. The molecule has 3 aromatic rings. The van der Waals surface area contributed by atoms with E-state index in [1.54, 1.807) is 0 Å². The first-order chi connectivity index (χ1) is 12.5. The number of nitrogens with zero attached hydrogens (tertiary/aromatic N) is 1. The summed E-state index contributed by atoms with van der Waals surface area (Å²) in [6.07, 6.45) is 2.69. The van der Waals surface area contributed by atoms with Crippen molar-refractivity contribution in [1.29, 1.82) is 0 Å². The zero-order chi connectivity index (χ0) is 18.1. The molecule has 1 atom stereocenters. The second-order valence-corrected chi connectivity index (χ2v) is 7.84. The maximum Gasteiger partial charge on any atom is 0.267 e. The van der Waals surface area contributed by atoms with Gasteiger partial charge in [-0.3, -0.25) is 9.36 Å². The first kappa shape index (κ1) is 15.7. The van der Waals surface area contributed by atoms with Gasteiger partial charge in [-0.25, -0.2) is 0 Å². The van der Waals surface area contributed by atoms with Crippen molar-refractivity contribution in [2.24, 2.45) is 0 Å². The lowest BCUT2D eigenvalue weighted by Gasteiger charge is -2.33. The number of rotatable bonds is 1. The molecule has 0 amide bonds. The summed E-state index contributed by atoms with van der Waals surface area (Å²) in [7, 11) is 0. The van der Waals surface area contributed by atoms with Crippen LogP contribution in [0.15, 0.2) is 53.3 Å². The van der Waals surface area contributed by atoms with Crippen LogP contribution in [0.1, 0.15) is 36.6 Å². The fourth-order valence-corrected chi connectivity index (χ4v) is 4.94. The van der Waals surface area contributed by atoms with Gasteiger partial charge in [-0.1, -0.05) is 41.9 Å². The first-order valence-corrected chi connectivity index (χ1v) is 9.27. The topological polar surface area (TPSA) is 42.2 Å². The molecule has 1 aliphatic carbocycles. The Balaban J connectivity index is 1.95. The molecule has 0 spiro atoms. The number of fused-ring (bicyclic) bond motifs is 3. The van der Waals surface area contributed by atoms with Gasteiger partial charge in [0.1, 0.15) is 5.75 Å². The van der Waals surface area contributed by atoms with E-state index in [4.69, 9.17) is 11.6 Å². The third-order valence-electron chi connectivity index (χ3n) is 5.93. The Labute approximate surface area is 156 Å². The van der Waals surface area contributed by atoms with E-state index in [9.17, 15) is 9.90 Å². The molecule has 1 unspecified atom stereocenters. The predicted octanol–water partition coefficient (Wildman–Crippen LogP) is 4.82. The molecule has 0 radical (unpaired) electrons. The molecule has 2 aromatic carbocycles. The number of aromatic nitrogens is 1. The summed E-state index contributed by atoms with van der Waals surface area (Å²) in [6.45, 7) is 2.16. The van der Waals surface area contributed by atoms with E-state index in [-0.39, 0.29) is 16.7 Å². The summed E-state index contributed by atoms with van der Waals surface area (Å²) in [5.74, 6) is 0.136. The van der Waals surface area contributed by atoms with Crippen LogP contribution in [0.2, 0.25) is 5.02 Å². The Morgan fingerprint density at radius 1 is 1.15 bits per heavy atom. The molecule has 5 rings (SSSR count). The van der Waals surface area contributed by atoms with Crippen molar-refractivity contribution < 1.29 is 5.11 Å². The van der Waals surface area contributed by atoms with Crippen molar-refractivity contribution in [2.75, 3.05) is 0 Å². The van der Waals surface area contributed by atoms with E-state index in [1.165, 1.54) is 0 Å². The van der Waals surface area contributed by atoms with Gasteiger partial charge >= 0.3 is 0 Å². The number of halogens is 1. The summed E-state index contributed by atoms with van der Waals surface area (Å²) in [6, 6.07) is 15.1. The summed E-state index contributed by atoms with van der Waals surface area (Å²) >= 11 is 6.27. The maximum atomic E-state index is 13.5. The van der Waals surface area contributed by atoms with Crippen LogP contribution in [-0.2, 0) is 11.8 Å². The first-order valence-electron chi connectivity index (χ1n) is 8.89. The third-order valence-corrected chi connectivity index (χ3v) is 6.17. The molecule has 1 aliphatic heterocycles. The van der Waals surface area contributed by atoms with E-state index in [2.05, 4.69) is 6.92 Å². The van der Waals surface area contributed by atoms with Crippen LogP contribution in [0.5, 0.6) is 5.75 Å². The maximum absolute atomic E-state index is 13.5. The summed E-state index contributed by atoms with van der Waals surface area (Å²) < 4.78 is 1.81. The highest BCUT2D eigenvalue weighted by molar-refractivity contribution is 6.30. The Hall–Kier alpha value is -2.52. The third kappa shape index (κ3) is 1.87. The predicted molar refractivity (Wildman–Crippen MR) is 104 cm³/mol. The number of hydrogen-bond acceptors (Lipinski definition) is 2. The van der Waals surface area contributed by atoms with Crippen molar-refractivity contribution in [3.05, 3.63) is 80.7 Å². The molecule has 26 heavy (non-hydrogen) atoms. The van der Waals surface area contributed by atoms with Crippen LogP contribution < -0.4 is 5.56 Å². The van der Waals surface area contributed by atoms with Gasteiger partial charge in [-0.15, -0.1) is 0 Å². The standard InChI is InChI=1S/C22H18ClNO2/c1-22-11-5-8-15-19(25)18(13-6-3-2-4-7-13)21(26)24(20(15)22)17-10-9-14(23)12-16(17)22/h2-4,6-7,9-10,12,25H,5,8,11H2,1H3. The van der Waals surface area contributed by atoms with Crippen LogP contribution in [0.25, 0.3) is 16.8 Å². The molecule has 0 fully saturated rings. The zero-order valence-electron chi connectivity index (χ0n) is 14.4. The summed E-state index contributed by atoms with van der Waals surface area (Å²) in [5.41, 5.74) is 4.46. The highest BCUT2D eigenvalue weighted by Gasteiger charge is 2.45. The zero-order valence-corrected chi connectivity index (χ0v) is 15.2. The molecule has 4 heteroatoms. The Kier molecular flexibility index (Phi) is 3.17. The van der Waals surface area contributed by atoms with Gasteiger partial charge in [-0.05, 0) is 55.5 Å². The van der Waals surface area contributed by atoms with Crippen LogP contribution in [0.3, 0.4) is 0 Å². The number of hydrogen-bond donors (Lipinski definition) is 1. The second-order valence-electron chi connectivity index (χ2n) is 7.40. The van der Waals surface area contributed by atoms with Crippen LogP contribution >= 0.6 is 11.6 Å². The summed E-state index contributed by atoms with van der Waals surface area (Å²) in [5, 5.41) is 11.7. The average molecular weight is 364 g/mol. The molecular weight excluding hydrogens is 346 g/mol. The molecule has 0 bridgehead atoms. The van der Waals surface area contributed by atoms with Crippen molar-refractivity contribution in [3.63, 3.8) is 0 Å². The lowest BCUT2D eigenvalue weighted by molar-refractivity contribution is 0.424. The van der Waals surface area contributed by atoms with Crippen molar-refractivity contribution in [3.8, 4) is 22.6 Å². The molecule has 2 aliphatic rings. The average Bonchev–Trinajstić information content (AvgIpc) is 2.90. The van der Waals surface area contributed by atoms with Crippen LogP contribution in [-0.4, -0.2) is 9.67 Å². The SMILES string of the molecule is CC12CCCc3c(O)c(-c4ccccc4)c(=O)n(c31)-c1ccc(Cl)cc12. The molecule has 1 aromatic heterocycles. The fourth-order valence-electron chi connectivity index (χ4n) is 4.77. The van der Waals surface area contributed by atoms with Crippen molar-refractivity contribution >= 4 is 11.6 Å². The Bertz CT molecular complexity index is 1120. The Morgan fingerprint density at radius 3 is 2.69 bits per heavy atom. The Morgan fingerprint density at radius 2 is 1.92 bits per heavy atom. The van der Waals surface area contributed by atoms with Gasteiger partial charge in [0.15, 0.2) is 0 Å². The van der Waals surface area contributed by atoms with Crippen molar-refractivity contribution in [1.82, 2.24) is 4.57 Å². The molecule has 0 saturated carbocycles. The van der Waals surface area contributed by atoms with Crippen molar-refractivity contribution in [2.45, 2.75) is 31.6 Å². The van der Waals surface area contributed by atoms with Gasteiger partial charge < -0.3 is 5.11 Å². The highest BCUT2D eigenvalue weighted by atomic mass is 35.5. The normalized spacial score (nSPS) is 19.9. The fraction of sp³-hybridized carbons (Fsp3) is 0.227. The van der Waals surface area contributed by atoms with Crippen LogP contribution in [0.4, 0.5) is 0 Å². The molecule has 1 N–H and O–H groups in total. The quantitative estimate of drug-likeness (QED) is 0.673. The summed E-state index contributed by atoms with van der Waals surface area (Å²) in [4.78, 5) is 13.5. The van der Waals surface area contributed by atoms with Crippen LogP contribution in [0, 0.1) is 0 Å². The van der Waals surface area contributed by atoms with Gasteiger partial charge in [-0.2, -0.15) is 0 Å². The molecular formula is C22H18ClNO2. The number of aromatic hydroxyl groups is 1. The molecule has 0 saturated heterocycles. The van der Waals surface area contributed by atoms with E-state index in [0.717, 1.165) is 47.3 Å².